The molecule has 1 rings (SSSR count). The standard InChI is InChI=1S/C9H8F3NO/c10-9(11,12)8(13-6-14)7-4-2-1-3-5-7/h1-6,8H,(H,13,14). The summed E-state index contributed by atoms with van der Waals surface area (Å²) in [6, 6.07) is 5.28. The number of rotatable bonds is 3. The van der Waals surface area contributed by atoms with Gasteiger partial charge in [-0.15, -0.1) is 0 Å². The van der Waals surface area contributed by atoms with Crippen LogP contribution in [0, 0.1) is 0 Å². The van der Waals surface area contributed by atoms with E-state index < -0.39 is 12.2 Å². The number of carbonyl (C=O) groups excluding carboxylic acids is 1. The Kier molecular flexibility index (Phi) is 3.11. The number of benzene rings is 1. The van der Waals surface area contributed by atoms with Gasteiger partial charge in [-0.3, -0.25) is 4.79 Å². The highest BCUT2D eigenvalue weighted by atomic mass is 19.4. The normalized spacial score (nSPS) is 13.4. The second-order valence-corrected chi connectivity index (χ2v) is 2.67. The van der Waals surface area contributed by atoms with Crippen LogP contribution in [0.4, 0.5) is 13.2 Å². The smallest absolute Gasteiger partial charge is 0.343 e. The van der Waals surface area contributed by atoms with Crippen LogP contribution in [-0.2, 0) is 4.79 Å². The lowest BCUT2D eigenvalue weighted by molar-refractivity contribution is -0.160. The molecule has 1 aromatic rings. The average Bonchev–Trinajstić information content (AvgIpc) is 2.14. The highest BCUT2D eigenvalue weighted by molar-refractivity contribution is 5.48. The van der Waals surface area contributed by atoms with E-state index in [1.165, 1.54) is 24.3 Å². The fraction of sp³-hybridized carbons (Fsp3) is 0.222. The fourth-order valence-electron chi connectivity index (χ4n) is 1.09. The van der Waals surface area contributed by atoms with Gasteiger partial charge in [0.15, 0.2) is 6.04 Å². The van der Waals surface area contributed by atoms with Gasteiger partial charge < -0.3 is 5.32 Å². The number of halogens is 3. The van der Waals surface area contributed by atoms with E-state index in [2.05, 4.69) is 0 Å². The fourth-order valence-corrected chi connectivity index (χ4v) is 1.09. The summed E-state index contributed by atoms with van der Waals surface area (Å²) in [6.07, 6.45) is -4.42. The van der Waals surface area contributed by atoms with Crippen LogP contribution in [0.25, 0.3) is 0 Å². The Bertz CT molecular complexity index is 297. The van der Waals surface area contributed by atoms with Crippen molar-refractivity contribution in [3.05, 3.63) is 35.9 Å². The highest BCUT2D eigenvalue weighted by Gasteiger charge is 2.40. The molecular formula is C9H8F3NO. The van der Waals surface area contributed by atoms with Crippen molar-refractivity contribution in [1.82, 2.24) is 5.32 Å². The van der Waals surface area contributed by atoms with Gasteiger partial charge in [-0.25, -0.2) is 0 Å². The van der Waals surface area contributed by atoms with Crippen molar-refractivity contribution in [2.45, 2.75) is 12.2 Å². The summed E-state index contributed by atoms with van der Waals surface area (Å²) in [5.74, 6) is 0. The van der Waals surface area contributed by atoms with Gasteiger partial charge in [0.2, 0.25) is 6.41 Å². The highest BCUT2D eigenvalue weighted by Crippen LogP contribution is 2.31. The maximum atomic E-state index is 12.4. The molecule has 1 amide bonds. The van der Waals surface area contributed by atoms with Crippen LogP contribution < -0.4 is 5.32 Å². The summed E-state index contributed by atoms with van der Waals surface area (Å²) in [6.45, 7) is 0. The van der Waals surface area contributed by atoms with Crippen molar-refractivity contribution < 1.29 is 18.0 Å². The molecular weight excluding hydrogens is 195 g/mol. The third-order valence-electron chi connectivity index (χ3n) is 1.69. The predicted molar refractivity (Wildman–Crippen MR) is 44.4 cm³/mol. The Morgan fingerprint density at radius 2 is 1.79 bits per heavy atom. The van der Waals surface area contributed by atoms with Crippen molar-refractivity contribution in [2.75, 3.05) is 0 Å². The van der Waals surface area contributed by atoms with Gasteiger partial charge in [0.05, 0.1) is 0 Å². The van der Waals surface area contributed by atoms with E-state index in [0.717, 1.165) is 0 Å². The second kappa shape index (κ2) is 4.13. The number of alkyl halides is 3. The zero-order valence-electron chi connectivity index (χ0n) is 7.08. The van der Waals surface area contributed by atoms with Crippen LogP contribution in [0.1, 0.15) is 11.6 Å². The Morgan fingerprint density at radius 1 is 1.21 bits per heavy atom. The lowest BCUT2D eigenvalue weighted by atomic mass is 10.1. The summed E-state index contributed by atoms with van der Waals surface area (Å²) in [5, 5.41) is 1.73. The largest absolute Gasteiger partial charge is 0.412 e. The molecule has 0 bridgehead atoms. The maximum Gasteiger partial charge on any atom is 0.412 e. The minimum atomic E-state index is -4.47. The van der Waals surface area contributed by atoms with Gasteiger partial charge in [-0.1, -0.05) is 30.3 Å². The van der Waals surface area contributed by atoms with Crippen molar-refractivity contribution in [3.8, 4) is 0 Å². The van der Waals surface area contributed by atoms with Crippen molar-refractivity contribution >= 4 is 6.41 Å². The number of hydrogen-bond donors (Lipinski definition) is 1. The first kappa shape index (κ1) is 10.6. The van der Waals surface area contributed by atoms with Gasteiger partial charge in [0.25, 0.3) is 0 Å². The van der Waals surface area contributed by atoms with E-state index in [0.29, 0.717) is 0 Å². The summed E-state index contributed by atoms with van der Waals surface area (Å²) in [7, 11) is 0. The molecule has 0 radical (unpaired) electrons. The quantitative estimate of drug-likeness (QED) is 0.748. The number of nitrogens with one attached hydrogen (secondary N) is 1. The average molecular weight is 203 g/mol. The zero-order valence-corrected chi connectivity index (χ0v) is 7.08. The van der Waals surface area contributed by atoms with Gasteiger partial charge in [-0.2, -0.15) is 13.2 Å². The molecule has 0 fully saturated rings. The minimum Gasteiger partial charge on any atom is -0.343 e. The van der Waals surface area contributed by atoms with E-state index in [9.17, 15) is 18.0 Å². The minimum absolute atomic E-state index is 0.0205. The number of carbonyl (C=O) groups is 1. The summed E-state index contributed by atoms with van der Waals surface area (Å²) in [4.78, 5) is 10.0. The van der Waals surface area contributed by atoms with Gasteiger partial charge in [0.1, 0.15) is 0 Å². The van der Waals surface area contributed by atoms with E-state index in [1.807, 2.05) is 0 Å². The first-order valence-electron chi connectivity index (χ1n) is 3.87. The van der Waals surface area contributed by atoms with Crippen LogP contribution in [0.15, 0.2) is 30.3 Å². The summed E-state index contributed by atoms with van der Waals surface area (Å²) < 4.78 is 37.1. The molecule has 2 nitrogen and oxygen atoms in total. The lowest BCUT2D eigenvalue weighted by Gasteiger charge is -2.19. The Balaban J connectivity index is 2.95. The van der Waals surface area contributed by atoms with Crippen molar-refractivity contribution in [3.63, 3.8) is 0 Å². The molecule has 76 valence electrons. The van der Waals surface area contributed by atoms with E-state index in [4.69, 9.17) is 0 Å². The van der Waals surface area contributed by atoms with Crippen LogP contribution in [0.2, 0.25) is 0 Å². The van der Waals surface area contributed by atoms with E-state index >= 15 is 0 Å². The van der Waals surface area contributed by atoms with E-state index in [1.54, 1.807) is 11.4 Å². The molecule has 0 heterocycles. The SMILES string of the molecule is O=CNC(c1ccccc1)C(F)(F)F. The third kappa shape index (κ3) is 2.48. The Morgan fingerprint density at radius 3 is 2.21 bits per heavy atom. The van der Waals surface area contributed by atoms with Crippen LogP contribution in [-0.4, -0.2) is 12.6 Å². The van der Waals surface area contributed by atoms with Gasteiger partial charge in [0, 0.05) is 0 Å². The molecule has 0 saturated carbocycles. The number of amides is 1. The molecule has 1 atom stereocenters. The van der Waals surface area contributed by atoms with Crippen LogP contribution >= 0.6 is 0 Å². The zero-order chi connectivity index (χ0) is 10.6. The Hall–Kier alpha value is -1.52. The first-order chi connectivity index (χ1) is 6.55. The summed E-state index contributed by atoms with van der Waals surface area (Å²) in [5.41, 5.74) is 0.0205. The van der Waals surface area contributed by atoms with Crippen molar-refractivity contribution in [2.24, 2.45) is 0 Å². The molecule has 1 unspecified atom stereocenters. The molecule has 14 heavy (non-hydrogen) atoms. The predicted octanol–water partition coefficient (Wildman–Crippen LogP) is 2.04. The van der Waals surface area contributed by atoms with Crippen LogP contribution in [0.5, 0.6) is 0 Å². The monoisotopic (exact) mass is 203 g/mol. The summed E-state index contributed by atoms with van der Waals surface area (Å²) >= 11 is 0. The van der Waals surface area contributed by atoms with E-state index in [-0.39, 0.29) is 12.0 Å². The molecule has 0 spiro atoms. The lowest BCUT2D eigenvalue weighted by Crippen LogP contribution is -2.33. The first-order valence-corrected chi connectivity index (χ1v) is 3.87. The molecule has 0 aliphatic carbocycles. The van der Waals surface area contributed by atoms with Crippen LogP contribution in [0.3, 0.4) is 0 Å². The molecule has 0 aliphatic heterocycles. The maximum absolute atomic E-state index is 12.4. The molecule has 5 heteroatoms. The molecule has 1 N–H and O–H groups in total. The second-order valence-electron chi connectivity index (χ2n) is 2.67. The van der Waals surface area contributed by atoms with Gasteiger partial charge in [-0.05, 0) is 5.56 Å². The molecule has 0 aliphatic rings. The van der Waals surface area contributed by atoms with Gasteiger partial charge >= 0.3 is 6.18 Å². The molecule has 1 aromatic carbocycles. The Labute approximate surface area is 78.7 Å². The number of hydrogen-bond acceptors (Lipinski definition) is 1. The molecule has 0 saturated heterocycles. The third-order valence-corrected chi connectivity index (χ3v) is 1.69. The topological polar surface area (TPSA) is 29.1 Å². The molecule has 0 aromatic heterocycles. The van der Waals surface area contributed by atoms with Crippen molar-refractivity contribution in [1.29, 1.82) is 0 Å².